The van der Waals surface area contributed by atoms with Crippen molar-refractivity contribution in [2.24, 2.45) is 11.8 Å². The highest BCUT2D eigenvalue weighted by molar-refractivity contribution is 6.30. The van der Waals surface area contributed by atoms with Crippen molar-refractivity contribution < 1.29 is 4.79 Å². The van der Waals surface area contributed by atoms with Crippen molar-refractivity contribution in [3.8, 4) is 0 Å². The summed E-state index contributed by atoms with van der Waals surface area (Å²) in [5.41, 5.74) is 4.31. The third kappa shape index (κ3) is 3.82. The average molecular weight is 421 g/mol. The summed E-state index contributed by atoms with van der Waals surface area (Å²) < 4.78 is 0. The number of likely N-dealkylation sites (tertiary alicyclic amines) is 1. The molecule has 3 aliphatic rings. The zero-order valence-electron chi connectivity index (χ0n) is 16.9. The Bertz CT molecular complexity index is 1020. The van der Waals surface area contributed by atoms with Crippen LogP contribution >= 0.6 is 11.6 Å². The van der Waals surface area contributed by atoms with Gasteiger partial charge in [-0.3, -0.25) is 4.79 Å². The molecular formula is C24H25ClN4O. The molecule has 2 fully saturated rings. The molecule has 2 saturated heterocycles. The van der Waals surface area contributed by atoms with Crippen LogP contribution in [0.25, 0.3) is 6.08 Å². The Labute approximate surface area is 182 Å². The summed E-state index contributed by atoms with van der Waals surface area (Å²) in [5.74, 6) is 2.01. The molecule has 0 bridgehead atoms. The van der Waals surface area contributed by atoms with Crippen molar-refractivity contribution in [3.05, 3.63) is 71.0 Å². The van der Waals surface area contributed by atoms with Gasteiger partial charge >= 0.3 is 0 Å². The summed E-state index contributed by atoms with van der Waals surface area (Å²) in [4.78, 5) is 21.6. The lowest BCUT2D eigenvalue weighted by Crippen LogP contribution is -2.32. The van der Waals surface area contributed by atoms with E-state index >= 15 is 0 Å². The first-order valence-electron chi connectivity index (χ1n) is 10.5. The number of carbonyl (C=O) groups is 1. The van der Waals surface area contributed by atoms with E-state index in [1.807, 2.05) is 29.2 Å². The second kappa shape index (κ2) is 7.80. The van der Waals surface area contributed by atoms with E-state index < -0.39 is 0 Å². The normalized spacial score (nSPS) is 22.9. The molecule has 6 heteroatoms. The third-order valence-corrected chi connectivity index (χ3v) is 6.60. The molecule has 1 amide bonds. The van der Waals surface area contributed by atoms with E-state index in [9.17, 15) is 4.79 Å². The van der Waals surface area contributed by atoms with Crippen molar-refractivity contribution in [2.45, 2.75) is 12.8 Å². The number of allylic oxidation sites excluding steroid dienone is 1. The number of benzene rings is 1. The largest absolute Gasteiger partial charge is 0.371 e. The molecule has 1 aromatic heterocycles. The van der Waals surface area contributed by atoms with Gasteiger partial charge < -0.3 is 15.1 Å². The fourth-order valence-corrected chi connectivity index (χ4v) is 4.95. The molecule has 2 aromatic rings. The number of rotatable bonds is 3. The maximum atomic E-state index is 12.7. The van der Waals surface area contributed by atoms with Crippen LogP contribution in [0, 0.1) is 11.8 Å². The van der Waals surface area contributed by atoms with Gasteiger partial charge in [0.1, 0.15) is 5.82 Å². The van der Waals surface area contributed by atoms with Crippen LogP contribution < -0.4 is 10.2 Å². The first-order chi connectivity index (χ1) is 14.5. The minimum atomic E-state index is 0.0860. The van der Waals surface area contributed by atoms with Crippen LogP contribution in [0.4, 0.5) is 11.5 Å². The van der Waals surface area contributed by atoms with Gasteiger partial charge in [-0.2, -0.15) is 0 Å². The number of nitrogens with zero attached hydrogens (tertiary/aromatic N) is 3. The van der Waals surface area contributed by atoms with Gasteiger partial charge in [-0.15, -0.1) is 0 Å². The molecule has 1 aromatic carbocycles. The lowest BCUT2D eigenvalue weighted by molar-refractivity contribution is -0.125. The zero-order chi connectivity index (χ0) is 20.7. The Morgan fingerprint density at radius 2 is 1.97 bits per heavy atom. The van der Waals surface area contributed by atoms with Crippen molar-refractivity contribution in [1.29, 1.82) is 0 Å². The number of amides is 1. The van der Waals surface area contributed by atoms with E-state index in [-0.39, 0.29) is 5.91 Å². The standard InChI is InChI=1S/C24H25ClN4O/c1-16-5-7-18-9-17(11-26-24(18)27-16)6-8-23(30)29-14-19-12-28(13-20(19)15-29)22-4-2-3-21(25)10-22/h2-4,6,8-11,19-20H,1,5,7,12-15H2,(H,26,27)/b8-6+/t19-,20+. The number of anilines is 2. The van der Waals surface area contributed by atoms with Gasteiger partial charge in [0.2, 0.25) is 5.91 Å². The monoisotopic (exact) mass is 420 g/mol. The molecule has 2 atom stereocenters. The van der Waals surface area contributed by atoms with Crippen molar-refractivity contribution >= 4 is 35.1 Å². The second-order valence-corrected chi connectivity index (χ2v) is 8.92. The molecule has 5 nitrogen and oxygen atoms in total. The first kappa shape index (κ1) is 19.2. The minimum absolute atomic E-state index is 0.0860. The van der Waals surface area contributed by atoms with Crippen LogP contribution in [-0.2, 0) is 11.2 Å². The van der Waals surface area contributed by atoms with Crippen LogP contribution in [-0.4, -0.2) is 42.0 Å². The molecule has 0 saturated carbocycles. The summed E-state index contributed by atoms with van der Waals surface area (Å²) in [6, 6.07) is 10.1. The number of aryl methyl sites for hydroxylation is 1. The molecule has 30 heavy (non-hydrogen) atoms. The number of carbonyl (C=O) groups excluding carboxylic acids is 1. The molecule has 0 radical (unpaired) electrons. The lowest BCUT2D eigenvalue weighted by atomic mass is 10.0. The topological polar surface area (TPSA) is 48.5 Å². The fourth-order valence-electron chi connectivity index (χ4n) is 4.77. The Balaban J connectivity index is 1.19. The average Bonchev–Trinajstić information content (AvgIpc) is 3.31. The van der Waals surface area contributed by atoms with E-state index in [2.05, 4.69) is 33.9 Å². The van der Waals surface area contributed by atoms with E-state index in [0.29, 0.717) is 11.8 Å². The maximum Gasteiger partial charge on any atom is 0.246 e. The molecule has 0 spiro atoms. The smallest absolute Gasteiger partial charge is 0.246 e. The van der Waals surface area contributed by atoms with Crippen LogP contribution in [0.3, 0.4) is 0 Å². The van der Waals surface area contributed by atoms with Crippen molar-refractivity contribution in [3.63, 3.8) is 0 Å². The molecule has 0 unspecified atom stereocenters. The third-order valence-electron chi connectivity index (χ3n) is 6.37. The van der Waals surface area contributed by atoms with Crippen molar-refractivity contribution in [1.82, 2.24) is 9.88 Å². The molecule has 0 aliphatic carbocycles. The Hall–Kier alpha value is -2.79. The van der Waals surface area contributed by atoms with Gasteiger partial charge in [0.15, 0.2) is 0 Å². The van der Waals surface area contributed by atoms with E-state index in [0.717, 1.165) is 61.1 Å². The summed E-state index contributed by atoms with van der Waals surface area (Å²) in [6.07, 6.45) is 7.22. The van der Waals surface area contributed by atoms with Crippen LogP contribution in [0.15, 0.2) is 54.9 Å². The number of hydrogen-bond donors (Lipinski definition) is 1. The molecule has 5 rings (SSSR count). The zero-order valence-corrected chi connectivity index (χ0v) is 17.6. The molecule has 1 N–H and O–H groups in total. The van der Waals surface area contributed by atoms with Gasteiger partial charge in [0, 0.05) is 66.7 Å². The van der Waals surface area contributed by atoms with Gasteiger partial charge in [0.05, 0.1) is 0 Å². The van der Waals surface area contributed by atoms with Crippen LogP contribution in [0.1, 0.15) is 17.5 Å². The molecule has 154 valence electrons. The Kier molecular flexibility index (Phi) is 4.99. The molecular weight excluding hydrogens is 396 g/mol. The molecule has 3 aliphatic heterocycles. The highest BCUT2D eigenvalue weighted by Crippen LogP contribution is 2.34. The van der Waals surface area contributed by atoms with Crippen LogP contribution in [0.5, 0.6) is 0 Å². The Morgan fingerprint density at radius 3 is 2.73 bits per heavy atom. The second-order valence-electron chi connectivity index (χ2n) is 8.49. The number of fused-ring (bicyclic) bond motifs is 2. The number of hydrogen-bond acceptors (Lipinski definition) is 4. The lowest BCUT2D eigenvalue weighted by Gasteiger charge is -2.22. The predicted octanol–water partition coefficient (Wildman–Crippen LogP) is 4.21. The van der Waals surface area contributed by atoms with E-state index in [1.54, 1.807) is 12.3 Å². The number of pyridine rings is 1. The summed E-state index contributed by atoms with van der Waals surface area (Å²) >= 11 is 6.14. The van der Waals surface area contributed by atoms with Gasteiger partial charge in [-0.25, -0.2) is 4.98 Å². The summed E-state index contributed by atoms with van der Waals surface area (Å²) in [5, 5.41) is 3.99. The van der Waals surface area contributed by atoms with Crippen molar-refractivity contribution in [2.75, 3.05) is 36.4 Å². The SMILES string of the molecule is C=C1CCc2cc(/C=C/C(=O)N3C[C@@H]4CN(c5cccc(Cl)c5)C[C@@H]4C3)cnc2N1. The maximum absolute atomic E-state index is 12.7. The highest BCUT2D eigenvalue weighted by Gasteiger charge is 2.41. The summed E-state index contributed by atoms with van der Waals surface area (Å²) in [6.45, 7) is 7.56. The van der Waals surface area contributed by atoms with Gasteiger partial charge in [-0.05, 0) is 54.3 Å². The van der Waals surface area contributed by atoms with E-state index in [4.69, 9.17) is 11.6 Å². The van der Waals surface area contributed by atoms with Gasteiger partial charge in [-0.1, -0.05) is 24.2 Å². The fraction of sp³-hybridized carbons (Fsp3) is 0.333. The van der Waals surface area contributed by atoms with Gasteiger partial charge in [0.25, 0.3) is 0 Å². The van der Waals surface area contributed by atoms with E-state index in [1.165, 1.54) is 11.3 Å². The molecule has 4 heterocycles. The van der Waals surface area contributed by atoms with Crippen LogP contribution in [0.2, 0.25) is 5.02 Å². The number of nitrogens with one attached hydrogen (secondary N) is 1. The highest BCUT2D eigenvalue weighted by atomic mass is 35.5. The number of halogens is 1. The Morgan fingerprint density at radius 1 is 1.17 bits per heavy atom. The quantitative estimate of drug-likeness (QED) is 0.755. The first-order valence-corrected chi connectivity index (χ1v) is 10.8. The minimum Gasteiger partial charge on any atom is -0.371 e. The predicted molar refractivity (Wildman–Crippen MR) is 122 cm³/mol. The summed E-state index contributed by atoms with van der Waals surface area (Å²) in [7, 11) is 0. The number of aromatic nitrogens is 1.